The van der Waals surface area contributed by atoms with Gasteiger partial charge in [0.25, 0.3) is 0 Å². The lowest BCUT2D eigenvalue weighted by Gasteiger charge is -2.14. The number of rotatable bonds is 9. The van der Waals surface area contributed by atoms with Crippen molar-refractivity contribution in [1.29, 1.82) is 0 Å². The van der Waals surface area contributed by atoms with Gasteiger partial charge in [0.05, 0.1) is 29.1 Å². The monoisotopic (exact) mass is 445 g/mol. The molecule has 1 amide bonds. The van der Waals surface area contributed by atoms with Crippen LogP contribution in [0.4, 0.5) is 5.69 Å². The Morgan fingerprint density at radius 2 is 1.90 bits per heavy atom. The highest BCUT2D eigenvalue weighted by atomic mass is 32.2. The number of carboxylic acid groups (broad SMARTS) is 1. The number of hydrogen-bond donors (Lipinski definition) is 3. The molecule has 2 aromatic heterocycles. The summed E-state index contributed by atoms with van der Waals surface area (Å²) in [5, 5.41) is 14.6. The van der Waals surface area contributed by atoms with Gasteiger partial charge in [-0.25, -0.2) is 23.2 Å². The highest BCUT2D eigenvalue weighted by Crippen LogP contribution is 2.13. The third-order valence-corrected chi connectivity index (χ3v) is 4.95. The van der Waals surface area contributed by atoms with Crippen molar-refractivity contribution < 1.29 is 23.1 Å². The van der Waals surface area contributed by atoms with Crippen molar-refractivity contribution in [3.63, 3.8) is 0 Å². The zero-order valence-electron chi connectivity index (χ0n) is 17.1. The predicted octanol–water partition coefficient (Wildman–Crippen LogP) is 1.11. The van der Waals surface area contributed by atoms with E-state index in [1.54, 1.807) is 6.92 Å². The van der Waals surface area contributed by atoms with E-state index in [-0.39, 0.29) is 22.3 Å². The minimum atomic E-state index is -3.43. The standard InChI is InChI=1S/C20H23N5O5S/c1-14(18(26)25-17-13-21-10-8-16(17)19(27)28)22-9-6-4-3-5-7-15-11-23-20(24-12-15)31(2,29)30/h8,10-14,22H,3-4,6,9H2,1-2H3,(H,25,26)(H,27,28)/t14-/m1/s1. The summed E-state index contributed by atoms with van der Waals surface area (Å²) in [5.74, 6) is 4.35. The first kappa shape index (κ1) is 23.9. The maximum absolute atomic E-state index is 12.2. The van der Waals surface area contributed by atoms with Crippen molar-refractivity contribution in [2.75, 3.05) is 18.1 Å². The van der Waals surface area contributed by atoms with Crippen LogP contribution in [0.5, 0.6) is 0 Å². The average Bonchev–Trinajstić information content (AvgIpc) is 2.72. The number of unbranched alkanes of at least 4 members (excludes halogenated alkanes) is 2. The quantitative estimate of drug-likeness (QED) is 0.293. The van der Waals surface area contributed by atoms with Crippen molar-refractivity contribution in [1.82, 2.24) is 20.3 Å². The van der Waals surface area contributed by atoms with E-state index in [9.17, 15) is 18.0 Å². The van der Waals surface area contributed by atoms with Crippen LogP contribution in [0.25, 0.3) is 0 Å². The smallest absolute Gasteiger partial charge is 0.337 e. The number of nitrogens with zero attached hydrogens (tertiary/aromatic N) is 3. The molecule has 0 fully saturated rings. The summed E-state index contributed by atoms with van der Waals surface area (Å²) in [4.78, 5) is 34.8. The average molecular weight is 446 g/mol. The first-order valence-electron chi connectivity index (χ1n) is 9.41. The summed E-state index contributed by atoms with van der Waals surface area (Å²) in [5.41, 5.74) is 0.662. The van der Waals surface area contributed by atoms with E-state index in [0.29, 0.717) is 18.5 Å². The summed E-state index contributed by atoms with van der Waals surface area (Å²) in [6.45, 7) is 2.27. The Kier molecular flexibility index (Phi) is 8.60. The molecule has 2 rings (SSSR count). The highest BCUT2D eigenvalue weighted by Gasteiger charge is 2.16. The second kappa shape index (κ2) is 11.1. The van der Waals surface area contributed by atoms with Gasteiger partial charge in [-0.3, -0.25) is 9.78 Å². The largest absolute Gasteiger partial charge is 0.478 e. The number of pyridine rings is 1. The Labute approximate surface area is 180 Å². The van der Waals surface area contributed by atoms with Crippen LogP contribution < -0.4 is 10.6 Å². The van der Waals surface area contributed by atoms with E-state index in [1.807, 2.05) is 0 Å². The fourth-order valence-electron chi connectivity index (χ4n) is 2.41. The van der Waals surface area contributed by atoms with Crippen LogP contribution in [-0.4, -0.2) is 59.2 Å². The van der Waals surface area contributed by atoms with Gasteiger partial charge in [0, 0.05) is 31.3 Å². The number of carbonyl (C=O) groups excluding carboxylic acids is 1. The Morgan fingerprint density at radius 3 is 2.55 bits per heavy atom. The maximum atomic E-state index is 12.2. The second-order valence-corrected chi connectivity index (χ2v) is 8.59. The lowest BCUT2D eigenvalue weighted by atomic mass is 10.2. The highest BCUT2D eigenvalue weighted by molar-refractivity contribution is 7.90. The zero-order valence-corrected chi connectivity index (χ0v) is 17.9. The van der Waals surface area contributed by atoms with Gasteiger partial charge in [0.1, 0.15) is 0 Å². The number of aromatic nitrogens is 3. The van der Waals surface area contributed by atoms with Gasteiger partial charge in [-0.2, -0.15) is 0 Å². The fourth-order valence-corrected chi connectivity index (χ4v) is 2.90. The molecule has 1 atom stereocenters. The molecule has 2 heterocycles. The van der Waals surface area contributed by atoms with Crippen LogP contribution in [-0.2, 0) is 14.6 Å². The molecule has 0 saturated heterocycles. The molecule has 3 N–H and O–H groups in total. The van der Waals surface area contributed by atoms with Crippen LogP contribution in [0.1, 0.15) is 42.1 Å². The van der Waals surface area contributed by atoms with Gasteiger partial charge in [0.15, 0.2) is 0 Å². The lowest BCUT2D eigenvalue weighted by Crippen LogP contribution is -2.38. The van der Waals surface area contributed by atoms with Crippen LogP contribution >= 0.6 is 0 Å². The molecule has 11 heteroatoms. The number of aromatic carboxylic acids is 1. The molecular weight excluding hydrogens is 422 g/mol. The molecule has 2 aromatic rings. The van der Waals surface area contributed by atoms with Crippen LogP contribution in [0.3, 0.4) is 0 Å². The first-order chi connectivity index (χ1) is 14.7. The Morgan fingerprint density at radius 1 is 1.19 bits per heavy atom. The summed E-state index contributed by atoms with van der Waals surface area (Å²) in [6, 6.07) is 0.807. The molecule has 0 spiro atoms. The molecule has 0 radical (unpaired) electrons. The Bertz CT molecular complexity index is 1090. The molecule has 0 bridgehead atoms. The zero-order chi connectivity index (χ0) is 22.9. The van der Waals surface area contributed by atoms with Crippen molar-refractivity contribution in [2.24, 2.45) is 0 Å². The summed E-state index contributed by atoms with van der Waals surface area (Å²) in [6.07, 6.45) is 8.62. The number of hydrogen-bond acceptors (Lipinski definition) is 8. The molecule has 0 aromatic carbocycles. The van der Waals surface area contributed by atoms with Crippen molar-refractivity contribution in [3.05, 3.63) is 42.0 Å². The fraction of sp³-hybridized carbons (Fsp3) is 0.350. The number of sulfone groups is 1. The second-order valence-electron chi connectivity index (χ2n) is 6.68. The Hall–Kier alpha value is -3.36. The van der Waals surface area contributed by atoms with Gasteiger partial charge in [-0.1, -0.05) is 11.8 Å². The number of carbonyl (C=O) groups is 2. The van der Waals surface area contributed by atoms with Crippen LogP contribution in [0.15, 0.2) is 36.0 Å². The van der Waals surface area contributed by atoms with E-state index in [2.05, 4.69) is 37.4 Å². The van der Waals surface area contributed by atoms with Gasteiger partial charge >= 0.3 is 5.97 Å². The molecular formula is C20H23N5O5S. The molecule has 164 valence electrons. The van der Waals surface area contributed by atoms with Crippen LogP contribution in [0.2, 0.25) is 0 Å². The molecule has 10 nitrogen and oxygen atoms in total. The minimum Gasteiger partial charge on any atom is -0.478 e. The third-order valence-electron chi connectivity index (χ3n) is 4.07. The Balaban J connectivity index is 1.71. The van der Waals surface area contributed by atoms with Crippen molar-refractivity contribution in [2.45, 2.75) is 37.4 Å². The SMILES string of the molecule is C[C@@H](NCCCCC#Cc1cnc(S(C)(=O)=O)nc1)C(=O)Nc1cnccc1C(=O)O. The normalized spacial score (nSPS) is 11.8. The predicted molar refractivity (Wildman–Crippen MR) is 113 cm³/mol. The van der Waals surface area contributed by atoms with E-state index in [1.165, 1.54) is 30.9 Å². The van der Waals surface area contributed by atoms with Crippen LogP contribution in [0, 0.1) is 11.8 Å². The molecule has 0 saturated carbocycles. The lowest BCUT2D eigenvalue weighted by molar-refractivity contribution is -0.117. The minimum absolute atomic E-state index is 0.0227. The summed E-state index contributed by atoms with van der Waals surface area (Å²) >= 11 is 0. The molecule has 0 aliphatic carbocycles. The van der Waals surface area contributed by atoms with E-state index >= 15 is 0 Å². The van der Waals surface area contributed by atoms with E-state index in [4.69, 9.17) is 5.11 Å². The van der Waals surface area contributed by atoms with E-state index < -0.39 is 21.8 Å². The maximum Gasteiger partial charge on any atom is 0.337 e. The van der Waals surface area contributed by atoms with Crippen molar-refractivity contribution >= 4 is 27.4 Å². The summed E-state index contributed by atoms with van der Waals surface area (Å²) < 4.78 is 22.6. The van der Waals surface area contributed by atoms with Gasteiger partial charge in [0.2, 0.25) is 20.9 Å². The van der Waals surface area contributed by atoms with Gasteiger partial charge in [-0.05, 0) is 32.4 Å². The molecule has 0 aliphatic rings. The number of amides is 1. The molecule has 0 aliphatic heterocycles. The molecule has 31 heavy (non-hydrogen) atoms. The number of nitrogens with one attached hydrogen (secondary N) is 2. The first-order valence-corrected chi connectivity index (χ1v) is 11.3. The van der Waals surface area contributed by atoms with E-state index in [0.717, 1.165) is 19.1 Å². The van der Waals surface area contributed by atoms with Gasteiger partial charge in [-0.15, -0.1) is 0 Å². The third kappa shape index (κ3) is 7.76. The topological polar surface area (TPSA) is 151 Å². The number of anilines is 1. The molecule has 0 unspecified atom stereocenters. The number of carboxylic acids is 1. The van der Waals surface area contributed by atoms with Crippen molar-refractivity contribution in [3.8, 4) is 11.8 Å². The summed E-state index contributed by atoms with van der Waals surface area (Å²) in [7, 11) is -3.43. The van der Waals surface area contributed by atoms with Gasteiger partial charge < -0.3 is 15.7 Å².